The van der Waals surface area contributed by atoms with E-state index in [2.05, 4.69) is 41.4 Å². The molecule has 0 radical (unpaired) electrons. The van der Waals surface area contributed by atoms with E-state index in [4.69, 9.17) is 0 Å². The van der Waals surface area contributed by atoms with Gasteiger partial charge in [-0.25, -0.2) is 4.98 Å². The van der Waals surface area contributed by atoms with Crippen molar-refractivity contribution in [2.24, 2.45) is 0 Å². The highest BCUT2D eigenvalue weighted by Crippen LogP contribution is 2.19. The van der Waals surface area contributed by atoms with Crippen molar-refractivity contribution in [2.75, 3.05) is 5.32 Å². The fourth-order valence-electron chi connectivity index (χ4n) is 1.43. The van der Waals surface area contributed by atoms with Gasteiger partial charge in [-0.2, -0.15) is 0 Å². The molecule has 1 aromatic heterocycles. The Bertz CT molecular complexity index is 335. The van der Waals surface area contributed by atoms with Gasteiger partial charge in [0.2, 0.25) is 0 Å². The third-order valence-corrected chi connectivity index (χ3v) is 2.36. The monoisotopic (exact) mass is 220 g/mol. The lowest BCUT2D eigenvalue weighted by atomic mass is 10.1. The average Bonchev–Trinajstić information content (AvgIpc) is 2.98. The van der Waals surface area contributed by atoms with Gasteiger partial charge in [0, 0.05) is 18.1 Å². The Balaban J connectivity index is 1.87. The summed E-state index contributed by atoms with van der Waals surface area (Å²) < 4.78 is 0. The number of aromatic nitrogens is 2. The molecule has 1 saturated carbocycles. The lowest BCUT2D eigenvalue weighted by Gasteiger charge is -2.20. The molecule has 0 spiro atoms. The van der Waals surface area contributed by atoms with Gasteiger partial charge in [-0.1, -0.05) is 0 Å². The van der Waals surface area contributed by atoms with Crippen LogP contribution in [-0.4, -0.2) is 21.5 Å². The summed E-state index contributed by atoms with van der Waals surface area (Å²) in [6.45, 7) is 7.15. The highest BCUT2D eigenvalue weighted by atomic mass is 15.1. The molecule has 1 aliphatic carbocycles. The molecule has 0 bridgehead atoms. The summed E-state index contributed by atoms with van der Waals surface area (Å²) in [7, 11) is 0. The van der Waals surface area contributed by atoms with Crippen LogP contribution >= 0.6 is 0 Å². The van der Waals surface area contributed by atoms with Crippen LogP contribution in [0.5, 0.6) is 0 Å². The zero-order chi connectivity index (χ0) is 11.6. The molecule has 1 heterocycles. The van der Waals surface area contributed by atoms with Crippen molar-refractivity contribution < 1.29 is 0 Å². The summed E-state index contributed by atoms with van der Waals surface area (Å²) >= 11 is 0. The van der Waals surface area contributed by atoms with Crippen LogP contribution in [0.3, 0.4) is 0 Å². The van der Waals surface area contributed by atoms with Crippen molar-refractivity contribution in [2.45, 2.75) is 51.7 Å². The zero-order valence-corrected chi connectivity index (χ0v) is 10.2. The van der Waals surface area contributed by atoms with Crippen molar-refractivity contribution in [3.63, 3.8) is 0 Å². The molecule has 4 heteroatoms. The van der Waals surface area contributed by atoms with Crippen molar-refractivity contribution in [3.05, 3.63) is 18.1 Å². The molecule has 0 saturated heterocycles. The lowest BCUT2D eigenvalue weighted by molar-refractivity contribution is 0.628. The first-order valence-corrected chi connectivity index (χ1v) is 5.85. The van der Waals surface area contributed by atoms with Gasteiger partial charge in [-0.05, 0) is 33.6 Å². The van der Waals surface area contributed by atoms with Crippen molar-refractivity contribution in [1.29, 1.82) is 0 Å². The van der Waals surface area contributed by atoms with Gasteiger partial charge < -0.3 is 10.6 Å². The van der Waals surface area contributed by atoms with Crippen LogP contribution in [-0.2, 0) is 6.54 Å². The van der Waals surface area contributed by atoms with Crippen LogP contribution in [0.15, 0.2) is 12.4 Å². The number of rotatable bonds is 4. The lowest BCUT2D eigenvalue weighted by Crippen LogP contribution is -2.26. The van der Waals surface area contributed by atoms with Gasteiger partial charge in [-0.15, -0.1) is 0 Å². The van der Waals surface area contributed by atoms with Gasteiger partial charge >= 0.3 is 0 Å². The first kappa shape index (κ1) is 11.3. The average molecular weight is 220 g/mol. The Labute approximate surface area is 96.9 Å². The van der Waals surface area contributed by atoms with E-state index < -0.39 is 0 Å². The summed E-state index contributed by atoms with van der Waals surface area (Å²) in [6.07, 6.45) is 6.24. The number of nitrogens with zero attached hydrogens (tertiary/aromatic N) is 2. The van der Waals surface area contributed by atoms with Crippen LogP contribution in [0.25, 0.3) is 0 Å². The highest BCUT2D eigenvalue weighted by molar-refractivity contribution is 5.33. The molecule has 0 atom stereocenters. The van der Waals surface area contributed by atoms with Gasteiger partial charge in [0.15, 0.2) is 0 Å². The minimum absolute atomic E-state index is 0.0302. The molecule has 1 aliphatic rings. The summed E-state index contributed by atoms with van der Waals surface area (Å²) in [5.74, 6) is 0.836. The number of hydrogen-bond donors (Lipinski definition) is 2. The Morgan fingerprint density at radius 2 is 2.00 bits per heavy atom. The predicted molar refractivity (Wildman–Crippen MR) is 65.3 cm³/mol. The molecular weight excluding hydrogens is 200 g/mol. The maximum absolute atomic E-state index is 4.38. The van der Waals surface area contributed by atoms with Crippen molar-refractivity contribution in [3.8, 4) is 0 Å². The predicted octanol–water partition coefficient (Wildman–Crippen LogP) is 1.94. The molecule has 1 aromatic rings. The van der Waals surface area contributed by atoms with E-state index in [0.29, 0.717) is 6.04 Å². The van der Waals surface area contributed by atoms with E-state index in [9.17, 15) is 0 Å². The number of hydrogen-bond acceptors (Lipinski definition) is 4. The van der Waals surface area contributed by atoms with Crippen LogP contribution in [0.1, 0.15) is 39.3 Å². The van der Waals surface area contributed by atoms with Gasteiger partial charge in [0.1, 0.15) is 5.82 Å². The minimum Gasteiger partial charge on any atom is -0.364 e. The Kier molecular flexibility index (Phi) is 3.10. The number of anilines is 1. The molecule has 2 N–H and O–H groups in total. The summed E-state index contributed by atoms with van der Waals surface area (Å²) in [5.41, 5.74) is 1.04. The molecule has 4 nitrogen and oxygen atoms in total. The molecule has 0 aromatic carbocycles. The van der Waals surface area contributed by atoms with Crippen LogP contribution in [0.4, 0.5) is 5.82 Å². The smallest absolute Gasteiger partial charge is 0.144 e. The summed E-state index contributed by atoms with van der Waals surface area (Å²) in [4.78, 5) is 8.72. The molecule has 1 fully saturated rings. The van der Waals surface area contributed by atoms with Crippen LogP contribution in [0.2, 0.25) is 0 Å². The summed E-state index contributed by atoms with van der Waals surface area (Å²) in [5, 5.41) is 6.71. The third-order valence-electron chi connectivity index (χ3n) is 2.36. The van der Waals surface area contributed by atoms with Crippen molar-refractivity contribution >= 4 is 5.82 Å². The van der Waals surface area contributed by atoms with Crippen LogP contribution < -0.4 is 10.6 Å². The third kappa shape index (κ3) is 3.77. The highest BCUT2D eigenvalue weighted by Gasteiger charge is 2.20. The standard InChI is InChI=1S/C12H20N4/c1-12(2,3)16-11-8-14-10(7-15-11)6-13-9-4-5-9/h7-9,13H,4-6H2,1-3H3,(H,15,16). The van der Waals surface area contributed by atoms with Crippen LogP contribution in [0, 0.1) is 0 Å². The quantitative estimate of drug-likeness (QED) is 0.814. The minimum atomic E-state index is 0.0302. The van der Waals surface area contributed by atoms with Gasteiger partial charge in [0.05, 0.1) is 18.1 Å². The molecule has 0 amide bonds. The SMILES string of the molecule is CC(C)(C)Nc1cnc(CNC2CC2)cn1. The second-order valence-electron chi connectivity index (χ2n) is 5.42. The maximum Gasteiger partial charge on any atom is 0.144 e. The largest absolute Gasteiger partial charge is 0.364 e. The normalized spacial score (nSPS) is 16.2. The molecule has 0 unspecified atom stereocenters. The van der Waals surface area contributed by atoms with E-state index in [1.807, 2.05) is 6.20 Å². The molecule has 2 rings (SSSR count). The number of nitrogens with one attached hydrogen (secondary N) is 2. The Morgan fingerprint density at radius 3 is 2.50 bits per heavy atom. The topological polar surface area (TPSA) is 49.8 Å². The van der Waals surface area contributed by atoms with Crippen molar-refractivity contribution in [1.82, 2.24) is 15.3 Å². The Morgan fingerprint density at radius 1 is 1.25 bits per heavy atom. The zero-order valence-electron chi connectivity index (χ0n) is 10.2. The molecular formula is C12H20N4. The first-order chi connectivity index (χ1) is 7.53. The van der Waals surface area contributed by atoms with E-state index in [1.165, 1.54) is 12.8 Å². The summed E-state index contributed by atoms with van der Waals surface area (Å²) in [6, 6.07) is 0.717. The van der Waals surface area contributed by atoms with E-state index in [1.54, 1.807) is 6.20 Å². The van der Waals surface area contributed by atoms with E-state index in [-0.39, 0.29) is 5.54 Å². The van der Waals surface area contributed by atoms with Gasteiger partial charge in [-0.3, -0.25) is 4.98 Å². The second-order valence-corrected chi connectivity index (χ2v) is 5.42. The molecule has 88 valence electrons. The molecule has 0 aliphatic heterocycles. The van der Waals surface area contributed by atoms with E-state index in [0.717, 1.165) is 18.1 Å². The second kappa shape index (κ2) is 4.37. The van der Waals surface area contributed by atoms with Gasteiger partial charge in [0.25, 0.3) is 0 Å². The first-order valence-electron chi connectivity index (χ1n) is 5.85. The fraction of sp³-hybridized carbons (Fsp3) is 0.667. The fourth-order valence-corrected chi connectivity index (χ4v) is 1.43. The van der Waals surface area contributed by atoms with E-state index >= 15 is 0 Å². The molecule has 16 heavy (non-hydrogen) atoms. The maximum atomic E-state index is 4.38. The Hall–Kier alpha value is -1.16.